The van der Waals surface area contributed by atoms with Gasteiger partial charge in [0.1, 0.15) is 6.33 Å². The van der Waals surface area contributed by atoms with Crippen LogP contribution in [0.4, 0.5) is 17.2 Å². The lowest BCUT2D eigenvalue weighted by molar-refractivity contribution is -0.122. The number of ketones is 1. The van der Waals surface area contributed by atoms with E-state index in [0.717, 1.165) is 0 Å². The third-order valence-electron chi connectivity index (χ3n) is 4.57. The number of nitrogens with zero attached hydrogens (tertiary/aromatic N) is 6. The van der Waals surface area contributed by atoms with Gasteiger partial charge in [0.2, 0.25) is 5.91 Å². The molecule has 1 aliphatic rings. The number of carbonyl (C=O) groups is 2. The quantitative estimate of drug-likeness (QED) is 0.499. The zero-order valence-corrected chi connectivity index (χ0v) is 16.2. The first-order valence-electron chi connectivity index (χ1n) is 8.97. The maximum atomic E-state index is 12.1. The molecule has 1 saturated heterocycles. The number of carbonyl (C=O) groups excluding carboxylic acids is 2. The van der Waals surface area contributed by atoms with Crippen molar-refractivity contribution in [1.29, 1.82) is 0 Å². The minimum Gasteiger partial charge on any atom is -0.494 e. The first-order chi connectivity index (χ1) is 14.0. The molecule has 4 rings (SSSR count). The van der Waals surface area contributed by atoms with Crippen LogP contribution in [0.15, 0.2) is 30.6 Å². The fourth-order valence-electron chi connectivity index (χ4n) is 3.07. The molecule has 0 aliphatic carbocycles. The van der Waals surface area contributed by atoms with Gasteiger partial charge in [-0.3, -0.25) is 19.2 Å². The summed E-state index contributed by atoms with van der Waals surface area (Å²) in [7, 11) is 3.33. The van der Waals surface area contributed by atoms with E-state index in [1.54, 1.807) is 31.2 Å². The molecule has 0 spiro atoms. The largest absolute Gasteiger partial charge is 0.494 e. The second-order valence-corrected chi connectivity index (χ2v) is 6.57. The summed E-state index contributed by atoms with van der Waals surface area (Å²) < 4.78 is 7.21. The fourth-order valence-corrected chi connectivity index (χ4v) is 3.07. The number of benzene rings is 1. The summed E-state index contributed by atoms with van der Waals surface area (Å²) in [5.74, 6) is 1.16. The van der Waals surface area contributed by atoms with Crippen molar-refractivity contribution in [3.8, 4) is 17.1 Å². The van der Waals surface area contributed by atoms with E-state index >= 15 is 0 Å². The predicted molar refractivity (Wildman–Crippen MR) is 105 cm³/mol. The van der Waals surface area contributed by atoms with Gasteiger partial charge >= 0.3 is 0 Å². The summed E-state index contributed by atoms with van der Waals surface area (Å²) in [6, 6.07) is 7.13. The monoisotopic (exact) mass is 393 g/mol. The fraction of sp³-hybridized carbons (Fsp3) is 0.263. The van der Waals surface area contributed by atoms with Crippen molar-refractivity contribution in [2.75, 3.05) is 23.9 Å². The molecule has 148 valence electrons. The molecule has 0 saturated carbocycles. The molecule has 1 fully saturated rings. The minimum absolute atomic E-state index is 0.0263. The summed E-state index contributed by atoms with van der Waals surface area (Å²) >= 11 is 0. The maximum Gasteiger partial charge on any atom is 0.230 e. The number of aryl methyl sites for hydroxylation is 1. The average molecular weight is 393 g/mol. The molecule has 1 aromatic carbocycles. The number of β-lactam (4-membered cyclic amide) rings is 1. The van der Waals surface area contributed by atoms with Gasteiger partial charge < -0.3 is 10.1 Å². The van der Waals surface area contributed by atoms with Crippen LogP contribution in [0.3, 0.4) is 0 Å². The highest BCUT2D eigenvalue weighted by atomic mass is 16.5. The van der Waals surface area contributed by atoms with Crippen molar-refractivity contribution in [3.05, 3.63) is 36.3 Å². The van der Waals surface area contributed by atoms with E-state index in [1.165, 1.54) is 11.8 Å². The van der Waals surface area contributed by atoms with Crippen LogP contribution in [0, 0.1) is 0 Å². The number of rotatable bonds is 6. The number of amides is 1. The second kappa shape index (κ2) is 7.30. The summed E-state index contributed by atoms with van der Waals surface area (Å²) in [5, 5.41) is 15.6. The molecule has 10 heteroatoms. The predicted octanol–water partition coefficient (Wildman–Crippen LogP) is 1.96. The van der Waals surface area contributed by atoms with E-state index in [4.69, 9.17) is 4.74 Å². The number of Topliss-reactive ketones (excluding diaryl/α,β-unsaturated/α-hetero) is 1. The summed E-state index contributed by atoms with van der Waals surface area (Å²) in [5.41, 5.74) is 1.91. The van der Waals surface area contributed by atoms with Gasteiger partial charge in [-0.15, -0.1) is 10.2 Å². The highest BCUT2D eigenvalue weighted by Gasteiger charge is 2.28. The molecule has 1 amide bonds. The Bertz CT molecular complexity index is 1110. The highest BCUT2D eigenvalue weighted by molar-refractivity contribution is 6.01. The first kappa shape index (κ1) is 18.5. The van der Waals surface area contributed by atoms with Crippen molar-refractivity contribution in [3.63, 3.8) is 0 Å². The van der Waals surface area contributed by atoms with Crippen LogP contribution in [0.25, 0.3) is 11.4 Å². The molecule has 29 heavy (non-hydrogen) atoms. The zero-order chi connectivity index (χ0) is 20.5. The van der Waals surface area contributed by atoms with Crippen molar-refractivity contribution in [1.82, 2.24) is 25.0 Å². The van der Waals surface area contributed by atoms with Gasteiger partial charge in [-0.05, 0) is 12.1 Å². The second-order valence-electron chi connectivity index (χ2n) is 6.57. The Morgan fingerprint density at radius 2 is 2.07 bits per heavy atom. The molecule has 3 heterocycles. The molecule has 0 radical (unpaired) electrons. The molecule has 1 aliphatic heterocycles. The van der Waals surface area contributed by atoms with Crippen LogP contribution >= 0.6 is 0 Å². The third kappa shape index (κ3) is 3.40. The van der Waals surface area contributed by atoms with Gasteiger partial charge in [-0.2, -0.15) is 5.10 Å². The van der Waals surface area contributed by atoms with Gasteiger partial charge in [0.25, 0.3) is 0 Å². The minimum atomic E-state index is -0.247. The Balaban J connectivity index is 1.76. The lowest BCUT2D eigenvalue weighted by atomic mass is 10.1. The van der Waals surface area contributed by atoms with Crippen LogP contribution in [0.1, 0.15) is 23.8 Å². The van der Waals surface area contributed by atoms with E-state index in [0.29, 0.717) is 47.3 Å². The SMILES string of the molecule is COc1c(Nc2cc(N3CCC3=O)nnc2C(C)=O)cccc1-c1ncn(C)n1. The van der Waals surface area contributed by atoms with Crippen molar-refractivity contribution >= 4 is 28.9 Å². The van der Waals surface area contributed by atoms with E-state index in [-0.39, 0.29) is 17.4 Å². The van der Waals surface area contributed by atoms with Crippen molar-refractivity contribution in [2.24, 2.45) is 7.05 Å². The molecule has 0 atom stereocenters. The van der Waals surface area contributed by atoms with Crippen LogP contribution in [-0.2, 0) is 11.8 Å². The molecule has 2 aromatic heterocycles. The third-order valence-corrected chi connectivity index (χ3v) is 4.57. The van der Waals surface area contributed by atoms with Crippen LogP contribution in [0.5, 0.6) is 5.75 Å². The molecule has 1 N–H and O–H groups in total. The van der Waals surface area contributed by atoms with E-state index in [9.17, 15) is 9.59 Å². The molecule has 0 unspecified atom stereocenters. The standard InChI is InChI=1S/C19H19N7O3/c1-11(27)17-14(9-15(22-23-17)26-8-7-16(26)28)21-13-6-4-5-12(18(13)29-3)19-20-10-25(2)24-19/h4-6,9-10H,7-8H2,1-3H3,(H,21,22). The highest BCUT2D eigenvalue weighted by Crippen LogP contribution is 2.37. The van der Waals surface area contributed by atoms with Crippen LogP contribution < -0.4 is 15.0 Å². The first-order valence-corrected chi connectivity index (χ1v) is 8.97. The number of ether oxygens (including phenoxy) is 1. The van der Waals surface area contributed by atoms with Crippen LogP contribution in [-0.4, -0.2) is 50.3 Å². The number of para-hydroxylation sites is 1. The van der Waals surface area contributed by atoms with E-state index < -0.39 is 0 Å². The van der Waals surface area contributed by atoms with Crippen LogP contribution in [0.2, 0.25) is 0 Å². The summed E-state index contributed by atoms with van der Waals surface area (Å²) in [6.07, 6.45) is 2.08. The number of methoxy groups -OCH3 is 1. The Morgan fingerprint density at radius 1 is 1.24 bits per heavy atom. The molecule has 10 nitrogen and oxygen atoms in total. The van der Waals surface area contributed by atoms with Crippen molar-refractivity contribution in [2.45, 2.75) is 13.3 Å². The molecule has 0 bridgehead atoms. The topological polar surface area (TPSA) is 115 Å². The Morgan fingerprint density at radius 3 is 2.66 bits per heavy atom. The van der Waals surface area contributed by atoms with Gasteiger partial charge in [-0.25, -0.2) is 4.98 Å². The number of aromatic nitrogens is 5. The summed E-state index contributed by atoms with van der Waals surface area (Å²) in [6.45, 7) is 1.99. The van der Waals surface area contributed by atoms with E-state index in [2.05, 4.69) is 25.6 Å². The zero-order valence-electron chi connectivity index (χ0n) is 16.2. The van der Waals surface area contributed by atoms with Gasteiger partial charge in [0.15, 0.2) is 28.9 Å². The smallest absolute Gasteiger partial charge is 0.230 e. The van der Waals surface area contributed by atoms with E-state index in [1.807, 2.05) is 18.2 Å². The normalized spacial score (nSPS) is 13.2. The number of hydrogen-bond acceptors (Lipinski definition) is 8. The van der Waals surface area contributed by atoms with Crippen molar-refractivity contribution < 1.29 is 14.3 Å². The molecular formula is C19H19N7O3. The van der Waals surface area contributed by atoms with Gasteiger partial charge in [0.05, 0.1) is 24.0 Å². The van der Waals surface area contributed by atoms with Gasteiger partial charge in [0, 0.05) is 33.0 Å². The Hall–Kier alpha value is -3.82. The summed E-state index contributed by atoms with van der Waals surface area (Å²) in [4.78, 5) is 29.6. The number of hydrogen-bond donors (Lipinski definition) is 1. The lowest BCUT2D eigenvalue weighted by Crippen LogP contribution is -2.44. The lowest BCUT2D eigenvalue weighted by Gasteiger charge is -2.29. The van der Waals surface area contributed by atoms with Gasteiger partial charge in [-0.1, -0.05) is 6.07 Å². The molecule has 3 aromatic rings. The molecular weight excluding hydrogens is 374 g/mol. The Kier molecular flexibility index (Phi) is 4.67. The average Bonchev–Trinajstić information content (AvgIpc) is 3.12. The number of nitrogens with one attached hydrogen (secondary N) is 1. The maximum absolute atomic E-state index is 12.1. The Labute approximate surface area is 166 Å². The number of anilines is 3.